The molecule has 4 N–H and O–H groups in total. The van der Waals surface area contributed by atoms with Gasteiger partial charge < -0.3 is 30.7 Å². The standard InChI is InChI=1S/C33H32N4O4/c1-4-20-40-32(39)36-33(18-19-33)24-14-10-23(11-15-24)30(29-26-8-6-7-9-28(26)41-31(29)38)35-25-16-12-22(13-17-25)27(34)21-37(3)5-2/h4-17,21,35H,1-2,18-20,34H2,3H3,(H,36,39)/b27-21-,30-29-. The number of para-hydroxylation sites is 1. The summed E-state index contributed by atoms with van der Waals surface area (Å²) in [6.07, 6.45) is 6.14. The third kappa shape index (κ3) is 5.86. The summed E-state index contributed by atoms with van der Waals surface area (Å²) in [5, 5.41) is 6.43. The van der Waals surface area contributed by atoms with Crippen molar-refractivity contribution in [2.45, 2.75) is 18.4 Å². The number of nitrogens with two attached hydrogens (primary N) is 1. The molecule has 0 unspecified atom stereocenters. The lowest BCUT2D eigenvalue weighted by Crippen LogP contribution is -2.35. The molecule has 41 heavy (non-hydrogen) atoms. The van der Waals surface area contributed by atoms with Crippen LogP contribution in [0.5, 0.6) is 5.75 Å². The number of carbonyl (C=O) groups excluding carboxylic acids is 2. The van der Waals surface area contributed by atoms with E-state index >= 15 is 0 Å². The van der Waals surface area contributed by atoms with Crippen LogP contribution in [-0.2, 0) is 15.1 Å². The Morgan fingerprint density at radius 2 is 1.73 bits per heavy atom. The number of benzene rings is 3. The maximum absolute atomic E-state index is 13.1. The summed E-state index contributed by atoms with van der Waals surface area (Å²) < 4.78 is 10.7. The summed E-state index contributed by atoms with van der Waals surface area (Å²) in [5.74, 6) is 0.0847. The Bertz CT molecular complexity index is 1550. The first-order valence-electron chi connectivity index (χ1n) is 13.3. The van der Waals surface area contributed by atoms with E-state index in [1.807, 2.05) is 73.8 Å². The van der Waals surface area contributed by atoms with Crippen LogP contribution in [0, 0.1) is 0 Å². The zero-order valence-electron chi connectivity index (χ0n) is 22.9. The average molecular weight is 549 g/mol. The molecule has 5 rings (SSSR count). The van der Waals surface area contributed by atoms with Gasteiger partial charge in [-0.15, -0.1) is 0 Å². The monoisotopic (exact) mass is 548 g/mol. The average Bonchev–Trinajstić information content (AvgIpc) is 3.69. The van der Waals surface area contributed by atoms with Crippen molar-refractivity contribution >= 4 is 34.7 Å². The first-order valence-corrected chi connectivity index (χ1v) is 13.3. The van der Waals surface area contributed by atoms with E-state index in [-0.39, 0.29) is 6.61 Å². The Balaban J connectivity index is 1.48. The van der Waals surface area contributed by atoms with Gasteiger partial charge in [-0.25, -0.2) is 9.59 Å². The van der Waals surface area contributed by atoms with Crippen molar-refractivity contribution in [2.75, 3.05) is 19.0 Å². The van der Waals surface area contributed by atoms with E-state index < -0.39 is 17.6 Å². The molecular weight excluding hydrogens is 516 g/mol. The highest BCUT2D eigenvalue weighted by molar-refractivity contribution is 6.29. The van der Waals surface area contributed by atoms with Gasteiger partial charge in [0.05, 0.1) is 22.5 Å². The molecule has 0 spiro atoms. The van der Waals surface area contributed by atoms with Crippen molar-refractivity contribution in [3.05, 3.63) is 127 Å². The number of amides is 1. The van der Waals surface area contributed by atoms with Crippen LogP contribution in [0.1, 0.15) is 35.1 Å². The first kappa shape index (κ1) is 27.3. The van der Waals surface area contributed by atoms with E-state index in [4.69, 9.17) is 15.2 Å². The van der Waals surface area contributed by atoms with Crippen LogP contribution in [0.2, 0.25) is 0 Å². The maximum atomic E-state index is 13.1. The van der Waals surface area contributed by atoms with Gasteiger partial charge in [0.1, 0.15) is 12.4 Å². The molecule has 0 atom stereocenters. The summed E-state index contributed by atoms with van der Waals surface area (Å²) >= 11 is 0. The molecule has 3 aromatic carbocycles. The Kier molecular flexibility index (Phi) is 7.65. The molecule has 3 aromatic rings. The second-order valence-electron chi connectivity index (χ2n) is 9.94. The van der Waals surface area contributed by atoms with Gasteiger partial charge in [-0.2, -0.15) is 0 Å². The van der Waals surface area contributed by atoms with Crippen molar-refractivity contribution in [1.82, 2.24) is 10.2 Å². The van der Waals surface area contributed by atoms with E-state index in [9.17, 15) is 9.59 Å². The third-order valence-corrected chi connectivity index (χ3v) is 7.08. The normalized spacial score (nSPS) is 16.1. The fourth-order valence-corrected chi connectivity index (χ4v) is 4.71. The van der Waals surface area contributed by atoms with Gasteiger partial charge >= 0.3 is 12.1 Å². The molecule has 1 heterocycles. The lowest BCUT2D eigenvalue weighted by Gasteiger charge is -2.19. The second-order valence-corrected chi connectivity index (χ2v) is 9.94. The van der Waals surface area contributed by atoms with Crippen LogP contribution in [0.25, 0.3) is 17.0 Å². The minimum Gasteiger partial charge on any atom is -0.445 e. The number of hydrogen-bond acceptors (Lipinski definition) is 7. The van der Waals surface area contributed by atoms with E-state index in [0.717, 1.165) is 35.2 Å². The van der Waals surface area contributed by atoms with Gasteiger partial charge in [-0.1, -0.05) is 73.8 Å². The number of anilines is 1. The largest absolute Gasteiger partial charge is 0.445 e. The summed E-state index contributed by atoms with van der Waals surface area (Å²) in [6.45, 7) is 7.46. The van der Waals surface area contributed by atoms with E-state index in [0.29, 0.717) is 28.3 Å². The van der Waals surface area contributed by atoms with Crippen molar-refractivity contribution in [2.24, 2.45) is 5.73 Å². The molecule has 1 amide bonds. The zero-order chi connectivity index (χ0) is 29.0. The number of hydrogen-bond donors (Lipinski definition) is 3. The van der Waals surface area contributed by atoms with Crippen LogP contribution in [-0.4, -0.2) is 30.6 Å². The Morgan fingerprint density at radius 3 is 2.39 bits per heavy atom. The quantitative estimate of drug-likeness (QED) is 0.127. The number of ether oxygens (including phenoxy) is 2. The van der Waals surface area contributed by atoms with Gasteiger partial charge in [-0.05, 0) is 53.9 Å². The van der Waals surface area contributed by atoms with Crippen LogP contribution < -0.4 is 21.1 Å². The molecule has 1 fully saturated rings. The molecule has 0 bridgehead atoms. The number of nitrogens with one attached hydrogen (secondary N) is 2. The molecule has 0 saturated heterocycles. The molecule has 2 aliphatic rings. The molecule has 1 saturated carbocycles. The Morgan fingerprint density at radius 1 is 1.05 bits per heavy atom. The molecule has 8 nitrogen and oxygen atoms in total. The SMILES string of the molecule is C=CCOC(=O)NC1(c2ccc(/C(Nc3ccc(/C(N)=C/N(C)C=C)cc3)=C3/C(=O)Oc4ccccc43)cc2)CC1. The topological polar surface area (TPSA) is 106 Å². The smallest absolute Gasteiger partial charge is 0.408 e. The van der Waals surface area contributed by atoms with E-state index in [2.05, 4.69) is 23.8 Å². The minimum absolute atomic E-state index is 0.150. The number of nitrogens with zero attached hydrogens (tertiary/aromatic N) is 1. The summed E-state index contributed by atoms with van der Waals surface area (Å²) in [7, 11) is 1.85. The van der Waals surface area contributed by atoms with Crippen LogP contribution in [0.15, 0.2) is 104 Å². The van der Waals surface area contributed by atoms with E-state index in [1.54, 1.807) is 23.4 Å². The van der Waals surface area contributed by atoms with E-state index in [1.165, 1.54) is 6.08 Å². The number of esters is 1. The predicted octanol–water partition coefficient (Wildman–Crippen LogP) is 5.82. The number of fused-ring (bicyclic) bond motifs is 1. The number of carbonyl (C=O) groups is 2. The van der Waals surface area contributed by atoms with Crippen LogP contribution in [0.3, 0.4) is 0 Å². The van der Waals surface area contributed by atoms with Crippen LogP contribution >= 0.6 is 0 Å². The fraction of sp³-hybridized carbons (Fsp3) is 0.152. The highest BCUT2D eigenvalue weighted by Crippen LogP contribution is 2.46. The molecule has 0 aromatic heterocycles. The van der Waals surface area contributed by atoms with Gasteiger partial charge in [0, 0.05) is 24.5 Å². The predicted molar refractivity (Wildman–Crippen MR) is 161 cm³/mol. The second kappa shape index (κ2) is 11.5. The molecule has 208 valence electrons. The lowest BCUT2D eigenvalue weighted by molar-refractivity contribution is -0.126. The maximum Gasteiger partial charge on any atom is 0.408 e. The number of rotatable bonds is 10. The van der Waals surface area contributed by atoms with Crippen molar-refractivity contribution < 1.29 is 19.1 Å². The number of alkyl carbamates (subject to hydrolysis) is 1. The summed E-state index contributed by atoms with van der Waals surface area (Å²) in [6, 6.07) is 22.8. The van der Waals surface area contributed by atoms with Crippen molar-refractivity contribution in [3.63, 3.8) is 0 Å². The summed E-state index contributed by atoms with van der Waals surface area (Å²) in [4.78, 5) is 27.1. The zero-order valence-corrected chi connectivity index (χ0v) is 22.9. The van der Waals surface area contributed by atoms with Crippen LogP contribution in [0.4, 0.5) is 10.5 Å². The lowest BCUT2D eigenvalue weighted by atomic mass is 9.97. The minimum atomic E-state index is -0.476. The summed E-state index contributed by atoms with van der Waals surface area (Å²) in [5.41, 5.74) is 11.5. The Labute approximate surface area is 239 Å². The first-order chi connectivity index (χ1) is 19.8. The molecule has 1 aliphatic carbocycles. The van der Waals surface area contributed by atoms with Crippen molar-refractivity contribution in [3.8, 4) is 5.75 Å². The highest BCUT2D eigenvalue weighted by Gasteiger charge is 2.46. The van der Waals surface area contributed by atoms with Crippen molar-refractivity contribution in [1.29, 1.82) is 0 Å². The van der Waals surface area contributed by atoms with Gasteiger partial charge in [-0.3, -0.25) is 0 Å². The molecule has 1 aliphatic heterocycles. The van der Waals surface area contributed by atoms with Gasteiger partial charge in [0.15, 0.2) is 0 Å². The highest BCUT2D eigenvalue weighted by atomic mass is 16.5. The fourth-order valence-electron chi connectivity index (χ4n) is 4.71. The van der Waals surface area contributed by atoms with Gasteiger partial charge in [0.25, 0.3) is 0 Å². The molecule has 8 heteroatoms. The molecular formula is C33H32N4O4. The Hall–Kier alpha value is -5.24. The van der Waals surface area contributed by atoms with Gasteiger partial charge in [0.2, 0.25) is 0 Å². The molecule has 0 radical (unpaired) electrons. The third-order valence-electron chi connectivity index (χ3n) is 7.08.